The van der Waals surface area contributed by atoms with Crippen molar-refractivity contribution in [1.29, 1.82) is 0 Å². The lowest BCUT2D eigenvalue weighted by atomic mass is 9.96. The summed E-state index contributed by atoms with van der Waals surface area (Å²) in [5.41, 5.74) is 0.610. The van der Waals surface area contributed by atoms with Gasteiger partial charge in [0.05, 0.1) is 6.04 Å². The number of rotatable bonds is 2. The molecule has 2 bridgehead atoms. The van der Waals surface area contributed by atoms with Gasteiger partial charge in [-0.25, -0.2) is 4.39 Å². The Balaban J connectivity index is 1.84. The third-order valence-electron chi connectivity index (χ3n) is 6.38. The largest absolute Gasteiger partial charge is 0.502 e. The maximum absolute atomic E-state index is 14.5. The number of ether oxygens (including phenoxy) is 1. The summed E-state index contributed by atoms with van der Waals surface area (Å²) in [6.45, 7) is 2.19. The molecule has 0 saturated carbocycles. The molecule has 180 valence electrons. The van der Waals surface area contributed by atoms with E-state index in [-0.39, 0.29) is 35.8 Å². The normalized spacial score (nSPS) is 20.4. The first-order valence-corrected chi connectivity index (χ1v) is 11.6. The number of aromatic nitrogens is 1. The van der Waals surface area contributed by atoms with Gasteiger partial charge >= 0.3 is 0 Å². The number of benzene rings is 2. The molecule has 0 fully saturated rings. The van der Waals surface area contributed by atoms with Crippen molar-refractivity contribution >= 4 is 17.5 Å². The predicted octanol–water partition coefficient (Wildman–Crippen LogP) is 4.21. The van der Waals surface area contributed by atoms with E-state index in [0.717, 1.165) is 5.56 Å². The highest BCUT2D eigenvalue weighted by Gasteiger charge is 2.39. The fraction of sp³-hybridized carbons (Fsp3) is 0.231. The van der Waals surface area contributed by atoms with Gasteiger partial charge in [0.25, 0.3) is 5.91 Å². The van der Waals surface area contributed by atoms with Crippen LogP contribution in [0.1, 0.15) is 41.0 Å². The minimum atomic E-state index is -0.649. The summed E-state index contributed by atoms with van der Waals surface area (Å²) in [7, 11) is 0. The molecule has 5 rings (SSSR count). The fourth-order valence-corrected chi connectivity index (χ4v) is 4.90. The molecule has 1 aromatic heterocycles. The maximum Gasteiger partial charge on any atom is 0.278 e. The summed E-state index contributed by atoms with van der Waals surface area (Å²) < 4.78 is 22.0. The first-order chi connectivity index (χ1) is 16.9. The Bertz CT molecular complexity index is 1380. The first kappa shape index (κ1) is 23.0. The SMILES string of the molecule is CC[C@@H]1/C=C/COc2c(ccc(F)c2Cl)[C@@H](c2ccccc2)N2CN1C(=O)c1c(O)c(=O)ccn12. The van der Waals surface area contributed by atoms with Gasteiger partial charge in [-0.05, 0) is 30.2 Å². The van der Waals surface area contributed by atoms with Crippen LogP contribution >= 0.6 is 11.6 Å². The molecule has 9 heteroatoms. The molecule has 0 spiro atoms. The Kier molecular flexibility index (Phi) is 5.98. The second kappa shape index (κ2) is 9.11. The number of hydrogen-bond donors (Lipinski definition) is 1. The van der Waals surface area contributed by atoms with Crippen LogP contribution in [-0.4, -0.2) is 39.9 Å². The van der Waals surface area contributed by atoms with E-state index in [1.807, 2.05) is 48.3 Å². The summed E-state index contributed by atoms with van der Waals surface area (Å²) in [6.07, 6.45) is 5.64. The van der Waals surface area contributed by atoms with E-state index in [1.54, 1.807) is 17.0 Å². The molecule has 0 aliphatic carbocycles. The van der Waals surface area contributed by atoms with Crippen LogP contribution < -0.4 is 15.2 Å². The van der Waals surface area contributed by atoms with Crippen LogP contribution in [0.25, 0.3) is 0 Å². The molecule has 2 aliphatic rings. The molecule has 0 saturated heterocycles. The highest BCUT2D eigenvalue weighted by atomic mass is 35.5. The average molecular weight is 496 g/mol. The van der Waals surface area contributed by atoms with Crippen molar-refractivity contribution in [2.24, 2.45) is 0 Å². The van der Waals surface area contributed by atoms with Gasteiger partial charge in [0.15, 0.2) is 11.4 Å². The third-order valence-corrected chi connectivity index (χ3v) is 6.73. The highest BCUT2D eigenvalue weighted by molar-refractivity contribution is 6.32. The molecule has 7 nitrogen and oxygen atoms in total. The highest BCUT2D eigenvalue weighted by Crippen LogP contribution is 2.41. The molecule has 1 N–H and O–H groups in total. The van der Waals surface area contributed by atoms with Crippen molar-refractivity contribution in [2.75, 3.05) is 18.3 Å². The first-order valence-electron chi connectivity index (χ1n) is 11.3. The zero-order valence-electron chi connectivity index (χ0n) is 18.9. The van der Waals surface area contributed by atoms with E-state index in [9.17, 15) is 19.1 Å². The quantitative estimate of drug-likeness (QED) is 0.539. The van der Waals surface area contributed by atoms with Crippen LogP contribution in [-0.2, 0) is 0 Å². The van der Waals surface area contributed by atoms with Crippen molar-refractivity contribution in [1.82, 2.24) is 9.58 Å². The number of amides is 1. The Labute approximate surface area is 206 Å². The van der Waals surface area contributed by atoms with Crippen LogP contribution in [0.15, 0.2) is 71.7 Å². The van der Waals surface area contributed by atoms with Crippen LogP contribution in [0.5, 0.6) is 11.5 Å². The summed E-state index contributed by atoms with van der Waals surface area (Å²) in [4.78, 5) is 27.5. The number of fused-ring (bicyclic) bond motifs is 5. The van der Waals surface area contributed by atoms with Gasteiger partial charge in [-0.3, -0.25) is 19.3 Å². The topological polar surface area (TPSA) is 75.0 Å². The van der Waals surface area contributed by atoms with E-state index in [1.165, 1.54) is 23.0 Å². The smallest absolute Gasteiger partial charge is 0.278 e. The number of halogens is 2. The molecule has 2 aromatic carbocycles. The van der Waals surface area contributed by atoms with Crippen LogP contribution in [0.3, 0.4) is 0 Å². The monoisotopic (exact) mass is 495 g/mol. The molecule has 2 atom stereocenters. The van der Waals surface area contributed by atoms with Crippen LogP contribution in [0, 0.1) is 5.82 Å². The summed E-state index contributed by atoms with van der Waals surface area (Å²) in [5, 5.41) is 12.4. The molecule has 35 heavy (non-hydrogen) atoms. The number of carbonyl (C=O) groups is 1. The number of aromatic hydroxyl groups is 1. The molecule has 3 aromatic rings. The van der Waals surface area contributed by atoms with Gasteiger partial charge in [-0.15, -0.1) is 0 Å². The van der Waals surface area contributed by atoms with Gasteiger partial charge in [-0.2, -0.15) is 0 Å². The standard InChI is InChI=1S/C26H23ClFN3O4/c1-2-17-9-6-14-35-25-18(10-11-19(28)21(25)27)22(16-7-4-3-5-8-16)31-15-29(17)26(34)23-24(33)20(32)12-13-30(23)31/h3-13,17,22,33H,2,14-15H2,1H3/b9-6+/t17-,22-/m1/s1. The van der Waals surface area contributed by atoms with Crippen molar-refractivity contribution < 1.29 is 19.0 Å². The maximum atomic E-state index is 14.5. The summed E-state index contributed by atoms with van der Waals surface area (Å²) >= 11 is 6.39. The molecular weight excluding hydrogens is 473 g/mol. The number of nitrogens with zero attached hydrogens (tertiary/aromatic N) is 3. The second-order valence-corrected chi connectivity index (χ2v) is 8.76. The Hall–Kier alpha value is -3.78. The van der Waals surface area contributed by atoms with E-state index in [4.69, 9.17) is 16.3 Å². The lowest BCUT2D eigenvalue weighted by Gasteiger charge is -2.45. The fourth-order valence-electron chi connectivity index (χ4n) is 4.68. The lowest BCUT2D eigenvalue weighted by molar-refractivity contribution is 0.0626. The van der Waals surface area contributed by atoms with E-state index < -0.39 is 28.9 Å². The van der Waals surface area contributed by atoms with Gasteiger partial charge in [0, 0.05) is 17.8 Å². The van der Waals surface area contributed by atoms with Crippen molar-refractivity contribution in [2.45, 2.75) is 25.4 Å². The van der Waals surface area contributed by atoms with E-state index in [0.29, 0.717) is 12.0 Å². The zero-order valence-corrected chi connectivity index (χ0v) is 19.7. The minimum absolute atomic E-state index is 0.117. The lowest BCUT2D eigenvalue weighted by Crippen LogP contribution is -2.57. The molecule has 1 amide bonds. The van der Waals surface area contributed by atoms with Crippen LogP contribution in [0.2, 0.25) is 5.02 Å². The van der Waals surface area contributed by atoms with Crippen molar-refractivity contribution in [3.05, 3.63) is 105 Å². The van der Waals surface area contributed by atoms with Gasteiger partial charge in [-0.1, -0.05) is 54.9 Å². The van der Waals surface area contributed by atoms with Gasteiger partial charge in [0.2, 0.25) is 5.43 Å². The van der Waals surface area contributed by atoms with Crippen molar-refractivity contribution in [3.8, 4) is 11.5 Å². The molecule has 3 heterocycles. The van der Waals surface area contributed by atoms with Crippen molar-refractivity contribution in [3.63, 3.8) is 0 Å². The summed E-state index contributed by atoms with van der Waals surface area (Å²) in [5.74, 6) is -1.51. The molecule has 0 radical (unpaired) electrons. The third kappa shape index (κ3) is 3.83. The number of pyridine rings is 1. The van der Waals surface area contributed by atoms with Crippen LogP contribution in [0.4, 0.5) is 4.39 Å². The van der Waals surface area contributed by atoms with E-state index >= 15 is 0 Å². The Morgan fingerprint density at radius 2 is 1.91 bits per heavy atom. The zero-order chi connectivity index (χ0) is 24.7. The molecule has 2 aliphatic heterocycles. The predicted molar refractivity (Wildman–Crippen MR) is 130 cm³/mol. The average Bonchev–Trinajstić information content (AvgIpc) is 2.89. The molecule has 0 unspecified atom stereocenters. The van der Waals surface area contributed by atoms with E-state index in [2.05, 4.69) is 0 Å². The van der Waals surface area contributed by atoms with Gasteiger partial charge < -0.3 is 14.7 Å². The Morgan fingerprint density at radius 3 is 2.66 bits per heavy atom. The summed E-state index contributed by atoms with van der Waals surface area (Å²) in [6, 6.07) is 12.6. The molecular formula is C26H23ClFN3O4. The Morgan fingerprint density at radius 1 is 1.14 bits per heavy atom. The second-order valence-electron chi connectivity index (χ2n) is 8.39. The van der Waals surface area contributed by atoms with Gasteiger partial charge in [0.1, 0.15) is 35.9 Å². The number of hydrogen-bond acceptors (Lipinski definition) is 5. The number of carbonyl (C=O) groups excluding carboxylic acids is 1. The minimum Gasteiger partial charge on any atom is -0.502 e.